The van der Waals surface area contributed by atoms with Crippen LogP contribution in [-0.4, -0.2) is 52.0 Å². The first-order valence-electron chi connectivity index (χ1n) is 9.54. The van der Waals surface area contributed by atoms with Crippen LogP contribution in [0, 0.1) is 11.8 Å². The number of carbonyl (C=O) groups excluding carboxylic acids is 1. The van der Waals surface area contributed by atoms with Gasteiger partial charge in [0, 0.05) is 37.2 Å². The smallest absolute Gasteiger partial charge is 0.355 e. The second kappa shape index (κ2) is 11.1. The Balaban J connectivity index is 1.80. The fourth-order valence-corrected chi connectivity index (χ4v) is 5.32. The Hall–Kier alpha value is -1.22. The van der Waals surface area contributed by atoms with Gasteiger partial charge in [-0.1, -0.05) is 23.9 Å². The van der Waals surface area contributed by atoms with Crippen molar-refractivity contribution in [3.05, 3.63) is 23.2 Å². The van der Waals surface area contributed by atoms with Crippen molar-refractivity contribution in [3.63, 3.8) is 0 Å². The first-order chi connectivity index (χ1) is 13.3. The lowest BCUT2D eigenvalue weighted by Gasteiger charge is -2.22. The van der Waals surface area contributed by atoms with Crippen LogP contribution in [-0.2, 0) is 9.53 Å². The van der Waals surface area contributed by atoms with Gasteiger partial charge in [-0.2, -0.15) is 0 Å². The molecular weight excluding hydrogens is 398 g/mol. The van der Waals surface area contributed by atoms with Crippen molar-refractivity contribution < 1.29 is 24.5 Å². The van der Waals surface area contributed by atoms with Gasteiger partial charge in [0.1, 0.15) is 5.78 Å². The van der Waals surface area contributed by atoms with Crippen molar-refractivity contribution in [3.8, 4) is 0 Å². The summed E-state index contributed by atoms with van der Waals surface area (Å²) < 4.78 is 5.75. The van der Waals surface area contributed by atoms with Gasteiger partial charge >= 0.3 is 5.97 Å². The number of ketones is 1. The van der Waals surface area contributed by atoms with Gasteiger partial charge in [0.2, 0.25) is 0 Å². The monoisotopic (exact) mass is 427 g/mol. The molecule has 0 spiro atoms. The average molecular weight is 428 g/mol. The van der Waals surface area contributed by atoms with Gasteiger partial charge in [-0.05, 0) is 44.9 Å². The Morgan fingerprint density at radius 1 is 1.54 bits per heavy atom. The Bertz CT molecular complexity index is 686. The zero-order chi connectivity index (χ0) is 20.6. The molecule has 1 aromatic rings. The Morgan fingerprint density at radius 3 is 3.00 bits per heavy atom. The van der Waals surface area contributed by atoms with E-state index in [-0.39, 0.29) is 17.5 Å². The molecule has 1 aromatic heterocycles. The van der Waals surface area contributed by atoms with E-state index in [1.165, 1.54) is 28.5 Å². The SMILES string of the molecule is COCCCC(C)(O)CC=CC1CCC(=O)C1CCSc1nc(C(=O)O)cs1. The van der Waals surface area contributed by atoms with Crippen molar-refractivity contribution in [1.82, 2.24) is 4.98 Å². The van der Waals surface area contributed by atoms with E-state index in [2.05, 4.69) is 11.1 Å². The lowest BCUT2D eigenvalue weighted by molar-refractivity contribution is -0.121. The molecule has 2 N–H and O–H groups in total. The summed E-state index contributed by atoms with van der Waals surface area (Å²) in [5.41, 5.74) is -0.682. The second-order valence-corrected chi connectivity index (χ2v) is 9.64. The Morgan fingerprint density at radius 2 is 2.32 bits per heavy atom. The van der Waals surface area contributed by atoms with Crippen LogP contribution >= 0.6 is 23.1 Å². The van der Waals surface area contributed by atoms with Crippen molar-refractivity contribution >= 4 is 34.9 Å². The van der Waals surface area contributed by atoms with Gasteiger partial charge in [-0.15, -0.1) is 11.3 Å². The van der Waals surface area contributed by atoms with E-state index in [4.69, 9.17) is 9.84 Å². The molecule has 3 unspecified atom stereocenters. The highest BCUT2D eigenvalue weighted by molar-refractivity contribution is 8.01. The minimum Gasteiger partial charge on any atom is -0.476 e. The first-order valence-corrected chi connectivity index (χ1v) is 11.4. The van der Waals surface area contributed by atoms with Crippen LogP contribution in [0.3, 0.4) is 0 Å². The minimum atomic E-state index is -1.02. The van der Waals surface area contributed by atoms with Gasteiger partial charge in [0.25, 0.3) is 0 Å². The standard InChI is InChI=1S/C20H29NO5S2/c1-20(25,10-4-11-26-2)9-3-5-14-6-7-17(22)15(14)8-12-27-19-21-16(13-28-19)18(23)24/h3,5,13-15,25H,4,6-12H2,1-2H3,(H,23,24). The summed E-state index contributed by atoms with van der Waals surface area (Å²) in [5, 5.41) is 20.9. The molecule has 0 bridgehead atoms. The van der Waals surface area contributed by atoms with Crippen LogP contribution in [0.15, 0.2) is 21.9 Å². The summed E-state index contributed by atoms with van der Waals surface area (Å²) in [6, 6.07) is 0. The van der Waals surface area contributed by atoms with Gasteiger partial charge in [0.15, 0.2) is 10.0 Å². The van der Waals surface area contributed by atoms with Crippen molar-refractivity contribution in [1.29, 1.82) is 0 Å². The van der Waals surface area contributed by atoms with Crippen molar-refractivity contribution in [2.24, 2.45) is 11.8 Å². The lowest BCUT2D eigenvalue weighted by atomic mass is 9.90. The maximum Gasteiger partial charge on any atom is 0.355 e. The van der Waals surface area contributed by atoms with E-state index in [0.717, 1.165) is 29.4 Å². The van der Waals surface area contributed by atoms with Crippen molar-refractivity contribution in [2.45, 2.75) is 55.4 Å². The number of thiazole rings is 1. The second-order valence-electron chi connectivity index (χ2n) is 7.44. The predicted molar refractivity (Wildman–Crippen MR) is 111 cm³/mol. The van der Waals surface area contributed by atoms with Crippen LogP contribution in [0.2, 0.25) is 0 Å². The van der Waals surface area contributed by atoms with Crippen molar-refractivity contribution in [2.75, 3.05) is 19.5 Å². The molecular formula is C20H29NO5S2. The summed E-state index contributed by atoms with van der Waals surface area (Å²) in [6.45, 7) is 2.48. The molecule has 8 heteroatoms. The fraction of sp³-hybridized carbons (Fsp3) is 0.650. The van der Waals surface area contributed by atoms with Crippen LogP contribution in [0.1, 0.15) is 55.9 Å². The number of hydrogen-bond donors (Lipinski definition) is 2. The lowest BCUT2D eigenvalue weighted by Crippen LogP contribution is -2.23. The Labute approximate surface area is 174 Å². The molecule has 1 aliphatic carbocycles. The van der Waals surface area contributed by atoms with E-state index in [9.17, 15) is 14.7 Å². The molecule has 0 saturated heterocycles. The molecule has 2 rings (SSSR count). The number of aliphatic hydroxyl groups is 1. The normalized spacial score (nSPS) is 22.0. The maximum absolute atomic E-state index is 12.3. The van der Waals surface area contributed by atoms with E-state index < -0.39 is 11.6 Å². The highest BCUT2D eigenvalue weighted by Gasteiger charge is 2.32. The molecule has 0 radical (unpaired) electrons. The largest absolute Gasteiger partial charge is 0.476 e. The van der Waals surface area contributed by atoms with Gasteiger partial charge in [0.05, 0.1) is 5.60 Å². The fourth-order valence-electron chi connectivity index (χ4n) is 3.43. The van der Waals surface area contributed by atoms with Crippen LogP contribution in [0.4, 0.5) is 0 Å². The zero-order valence-electron chi connectivity index (χ0n) is 16.4. The third-order valence-corrected chi connectivity index (χ3v) is 7.07. The number of carbonyl (C=O) groups is 2. The topological polar surface area (TPSA) is 96.7 Å². The minimum absolute atomic E-state index is 0.00102. The quantitative estimate of drug-likeness (QED) is 0.295. The molecule has 1 fully saturated rings. The molecule has 28 heavy (non-hydrogen) atoms. The zero-order valence-corrected chi connectivity index (χ0v) is 18.1. The van der Waals surface area contributed by atoms with E-state index in [1.54, 1.807) is 7.11 Å². The maximum atomic E-state index is 12.3. The number of aromatic nitrogens is 1. The number of methoxy groups -OCH3 is 1. The summed E-state index contributed by atoms with van der Waals surface area (Å²) in [6.07, 6.45) is 8.39. The molecule has 1 aliphatic rings. The number of ether oxygens (including phenoxy) is 1. The third kappa shape index (κ3) is 7.31. The molecule has 1 saturated carbocycles. The number of hydrogen-bond acceptors (Lipinski definition) is 7. The van der Waals surface area contributed by atoms with E-state index >= 15 is 0 Å². The molecule has 1 heterocycles. The number of thioether (sulfide) groups is 1. The first kappa shape index (κ1) is 23.1. The number of Topliss-reactive ketones (excluding diaryl/α,β-unsaturated/α-hetero) is 1. The average Bonchev–Trinajstić information content (AvgIpc) is 3.23. The number of allylic oxidation sites excluding steroid dienone is 1. The Kier molecular flexibility index (Phi) is 9.14. The molecule has 156 valence electrons. The summed E-state index contributed by atoms with van der Waals surface area (Å²) >= 11 is 2.83. The number of aromatic carboxylic acids is 1. The molecule has 3 atom stereocenters. The van der Waals surface area contributed by atoms with Crippen LogP contribution < -0.4 is 0 Å². The van der Waals surface area contributed by atoms with Gasteiger partial charge in [-0.25, -0.2) is 9.78 Å². The van der Waals surface area contributed by atoms with Crippen LogP contribution in [0.5, 0.6) is 0 Å². The predicted octanol–water partition coefficient (Wildman–Crippen LogP) is 4.04. The number of rotatable bonds is 12. The highest BCUT2D eigenvalue weighted by Crippen LogP contribution is 2.35. The summed E-state index contributed by atoms with van der Waals surface area (Å²) in [4.78, 5) is 27.2. The number of carboxylic acids is 1. The highest BCUT2D eigenvalue weighted by atomic mass is 32.2. The van der Waals surface area contributed by atoms with Gasteiger partial charge < -0.3 is 14.9 Å². The molecule has 0 amide bonds. The number of nitrogens with zero attached hydrogens (tertiary/aromatic N) is 1. The summed E-state index contributed by atoms with van der Waals surface area (Å²) in [7, 11) is 1.66. The third-order valence-electron chi connectivity index (χ3n) is 5.02. The number of carboxylic acid groups (broad SMARTS) is 1. The molecule has 0 aliphatic heterocycles. The van der Waals surface area contributed by atoms with Crippen LogP contribution in [0.25, 0.3) is 0 Å². The molecule has 0 aromatic carbocycles. The molecule has 6 nitrogen and oxygen atoms in total. The van der Waals surface area contributed by atoms with Gasteiger partial charge in [-0.3, -0.25) is 4.79 Å². The van der Waals surface area contributed by atoms with E-state index in [1.807, 2.05) is 13.0 Å². The summed E-state index contributed by atoms with van der Waals surface area (Å²) in [5.74, 6) is 0.238. The van der Waals surface area contributed by atoms with E-state index in [0.29, 0.717) is 31.7 Å².